The zero-order chi connectivity index (χ0) is 22.1. The molecule has 4 aromatic rings. The monoisotopic (exact) mass is 437 g/mol. The van der Waals surface area contributed by atoms with Gasteiger partial charge in [-0.15, -0.1) is 16.4 Å². The Labute approximate surface area is 183 Å². The number of rotatable bonds is 6. The molecule has 0 fully saturated rings. The smallest absolute Gasteiger partial charge is 0.264 e. The SMILES string of the molecule is COc1ccc(C)cc1-c1csc(NC(=O)COc2nn(C)c3nc(C)cc(C)c23)n1. The molecular formula is C22H23N5O3S. The Bertz CT molecular complexity index is 1280. The van der Waals surface area contributed by atoms with Crippen molar-refractivity contribution in [1.82, 2.24) is 19.7 Å². The zero-order valence-electron chi connectivity index (χ0n) is 18.0. The van der Waals surface area contributed by atoms with Crippen molar-refractivity contribution in [3.05, 3.63) is 46.5 Å². The van der Waals surface area contributed by atoms with Gasteiger partial charge in [-0.1, -0.05) is 11.6 Å². The van der Waals surface area contributed by atoms with Gasteiger partial charge in [-0.3, -0.25) is 10.1 Å². The fourth-order valence-corrected chi connectivity index (χ4v) is 4.14. The third-order valence-electron chi connectivity index (χ3n) is 4.81. The number of pyridine rings is 1. The molecule has 0 aliphatic carbocycles. The van der Waals surface area contributed by atoms with E-state index in [0.29, 0.717) is 11.0 Å². The zero-order valence-corrected chi connectivity index (χ0v) is 18.8. The number of fused-ring (bicyclic) bond motifs is 1. The highest BCUT2D eigenvalue weighted by molar-refractivity contribution is 7.14. The molecule has 0 unspecified atom stereocenters. The maximum Gasteiger partial charge on any atom is 0.264 e. The number of hydrogen-bond donors (Lipinski definition) is 1. The summed E-state index contributed by atoms with van der Waals surface area (Å²) >= 11 is 1.35. The number of anilines is 1. The van der Waals surface area contributed by atoms with Crippen molar-refractivity contribution in [1.29, 1.82) is 0 Å². The highest BCUT2D eigenvalue weighted by Crippen LogP contribution is 2.33. The van der Waals surface area contributed by atoms with Crippen LogP contribution in [0.2, 0.25) is 0 Å². The third-order valence-corrected chi connectivity index (χ3v) is 5.57. The number of benzene rings is 1. The Kier molecular flexibility index (Phi) is 5.60. The van der Waals surface area contributed by atoms with Crippen molar-refractivity contribution in [3.63, 3.8) is 0 Å². The minimum Gasteiger partial charge on any atom is -0.496 e. The summed E-state index contributed by atoms with van der Waals surface area (Å²) in [5.41, 5.74) is 5.36. The number of ether oxygens (including phenoxy) is 2. The van der Waals surface area contributed by atoms with E-state index in [-0.39, 0.29) is 12.5 Å². The average Bonchev–Trinajstić information content (AvgIpc) is 3.31. The Morgan fingerprint density at radius 1 is 1.19 bits per heavy atom. The van der Waals surface area contributed by atoms with Gasteiger partial charge in [-0.2, -0.15) is 0 Å². The molecule has 3 heterocycles. The van der Waals surface area contributed by atoms with Crippen LogP contribution in [0.5, 0.6) is 11.6 Å². The minimum absolute atomic E-state index is 0.178. The first-order valence-electron chi connectivity index (χ1n) is 9.70. The summed E-state index contributed by atoms with van der Waals surface area (Å²) in [5.74, 6) is 0.814. The molecule has 0 aliphatic rings. The van der Waals surface area contributed by atoms with Gasteiger partial charge in [0.25, 0.3) is 5.91 Å². The summed E-state index contributed by atoms with van der Waals surface area (Å²) < 4.78 is 12.8. The van der Waals surface area contributed by atoms with E-state index in [1.165, 1.54) is 11.3 Å². The summed E-state index contributed by atoms with van der Waals surface area (Å²) in [6.07, 6.45) is 0. The maximum absolute atomic E-state index is 12.4. The van der Waals surface area contributed by atoms with Crippen molar-refractivity contribution >= 4 is 33.4 Å². The van der Waals surface area contributed by atoms with Gasteiger partial charge < -0.3 is 9.47 Å². The van der Waals surface area contributed by atoms with Gasteiger partial charge >= 0.3 is 0 Å². The molecule has 0 atom stereocenters. The van der Waals surface area contributed by atoms with E-state index < -0.39 is 0 Å². The molecule has 0 aliphatic heterocycles. The van der Waals surface area contributed by atoms with Crippen molar-refractivity contribution < 1.29 is 14.3 Å². The van der Waals surface area contributed by atoms with E-state index in [9.17, 15) is 4.79 Å². The first kappa shape index (κ1) is 20.8. The molecule has 8 nitrogen and oxygen atoms in total. The Morgan fingerprint density at radius 2 is 2.00 bits per heavy atom. The van der Waals surface area contributed by atoms with Gasteiger partial charge in [0.05, 0.1) is 18.2 Å². The Morgan fingerprint density at radius 3 is 2.77 bits per heavy atom. The van der Waals surface area contributed by atoms with Crippen LogP contribution >= 0.6 is 11.3 Å². The van der Waals surface area contributed by atoms with E-state index in [4.69, 9.17) is 9.47 Å². The molecule has 31 heavy (non-hydrogen) atoms. The molecule has 1 N–H and O–H groups in total. The van der Waals surface area contributed by atoms with Crippen molar-refractivity contribution in [2.24, 2.45) is 7.05 Å². The molecule has 0 saturated carbocycles. The van der Waals surface area contributed by atoms with Crippen molar-refractivity contribution in [2.75, 3.05) is 19.0 Å². The number of nitrogens with one attached hydrogen (secondary N) is 1. The van der Waals surface area contributed by atoms with E-state index in [1.807, 2.05) is 50.4 Å². The quantitative estimate of drug-likeness (QED) is 0.489. The van der Waals surface area contributed by atoms with E-state index in [1.54, 1.807) is 18.8 Å². The number of thiazole rings is 1. The Balaban J connectivity index is 1.46. The highest BCUT2D eigenvalue weighted by Gasteiger charge is 2.17. The fraction of sp³-hybridized carbons (Fsp3) is 0.273. The van der Waals surface area contributed by atoms with Crippen LogP contribution in [0, 0.1) is 20.8 Å². The summed E-state index contributed by atoms with van der Waals surface area (Å²) in [6.45, 7) is 5.74. The van der Waals surface area contributed by atoms with Crippen LogP contribution in [-0.2, 0) is 11.8 Å². The number of aryl methyl sites for hydroxylation is 4. The molecule has 1 amide bonds. The van der Waals surface area contributed by atoms with Gasteiger partial charge in [0.1, 0.15) is 5.75 Å². The number of amides is 1. The van der Waals surface area contributed by atoms with Crippen LogP contribution in [-0.4, -0.2) is 39.4 Å². The molecular weight excluding hydrogens is 414 g/mol. The minimum atomic E-state index is -0.311. The molecule has 1 aromatic carbocycles. The maximum atomic E-state index is 12.4. The molecule has 0 saturated heterocycles. The second-order valence-corrected chi connectivity index (χ2v) is 8.14. The third kappa shape index (κ3) is 4.22. The first-order chi connectivity index (χ1) is 14.9. The van der Waals surface area contributed by atoms with Crippen LogP contribution in [0.25, 0.3) is 22.3 Å². The van der Waals surface area contributed by atoms with Gasteiger partial charge in [-0.25, -0.2) is 14.6 Å². The van der Waals surface area contributed by atoms with Gasteiger partial charge in [0.15, 0.2) is 17.4 Å². The molecule has 0 radical (unpaired) electrons. The lowest BCUT2D eigenvalue weighted by atomic mass is 10.1. The van der Waals surface area contributed by atoms with Crippen LogP contribution in [0.4, 0.5) is 5.13 Å². The van der Waals surface area contributed by atoms with E-state index in [0.717, 1.165) is 44.9 Å². The molecule has 9 heteroatoms. The summed E-state index contributed by atoms with van der Waals surface area (Å²) in [4.78, 5) is 21.5. The number of aromatic nitrogens is 4. The Hall–Kier alpha value is -3.46. The normalized spacial score (nSPS) is 11.0. The number of nitrogens with zero attached hydrogens (tertiary/aromatic N) is 4. The topological polar surface area (TPSA) is 91.2 Å². The number of hydrogen-bond acceptors (Lipinski definition) is 7. The van der Waals surface area contributed by atoms with E-state index in [2.05, 4.69) is 20.4 Å². The van der Waals surface area contributed by atoms with Crippen LogP contribution in [0.3, 0.4) is 0 Å². The highest BCUT2D eigenvalue weighted by atomic mass is 32.1. The van der Waals surface area contributed by atoms with Crippen LogP contribution in [0.1, 0.15) is 16.8 Å². The predicted octanol–water partition coefficient (Wildman–Crippen LogP) is 4.04. The molecule has 160 valence electrons. The lowest BCUT2D eigenvalue weighted by Gasteiger charge is -2.07. The molecule has 0 bridgehead atoms. The molecule has 0 spiro atoms. The second kappa shape index (κ2) is 8.35. The molecule has 3 aromatic heterocycles. The summed E-state index contributed by atoms with van der Waals surface area (Å²) in [5, 5.41) is 10.3. The largest absolute Gasteiger partial charge is 0.496 e. The molecule has 4 rings (SSSR count). The number of methoxy groups -OCH3 is 1. The van der Waals surface area contributed by atoms with E-state index >= 15 is 0 Å². The summed E-state index contributed by atoms with van der Waals surface area (Å²) in [7, 11) is 3.43. The van der Waals surface area contributed by atoms with Gasteiger partial charge in [0.2, 0.25) is 5.88 Å². The average molecular weight is 438 g/mol. The first-order valence-corrected chi connectivity index (χ1v) is 10.6. The second-order valence-electron chi connectivity index (χ2n) is 7.29. The number of carbonyl (C=O) groups is 1. The van der Waals surface area contributed by atoms with Crippen molar-refractivity contribution in [3.8, 4) is 22.9 Å². The van der Waals surface area contributed by atoms with Gasteiger partial charge in [0, 0.05) is 23.7 Å². The van der Waals surface area contributed by atoms with Crippen molar-refractivity contribution in [2.45, 2.75) is 20.8 Å². The van der Waals surface area contributed by atoms with Gasteiger partial charge in [-0.05, 0) is 44.5 Å². The predicted molar refractivity (Wildman–Crippen MR) is 121 cm³/mol. The van der Waals surface area contributed by atoms with Crippen LogP contribution < -0.4 is 14.8 Å². The van der Waals surface area contributed by atoms with Crippen LogP contribution in [0.15, 0.2) is 29.6 Å². The lowest BCUT2D eigenvalue weighted by molar-refractivity contribution is -0.118. The summed E-state index contributed by atoms with van der Waals surface area (Å²) in [6, 6.07) is 7.86. The number of carbonyl (C=O) groups excluding carboxylic acids is 1. The fourth-order valence-electron chi connectivity index (χ4n) is 3.42. The lowest BCUT2D eigenvalue weighted by Crippen LogP contribution is -2.20. The standard InChI is InChI=1S/C22H23N5O3S/c1-12-6-7-17(29-5)15(8-12)16-11-31-22(24-16)25-18(28)10-30-21-19-13(2)9-14(3)23-20(19)27(4)26-21/h6-9,11H,10H2,1-5H3,(H,24,25,28).